The summed E-state index contributed by atoms with van der Waals surface area (Å²) in [5.74, 6) is -2.25. The molecule has 0 unspecified atom stereocenters. The van der Waals surface area contributed by atoms with Gasteiger partial charge < -0.3 is 4.18 Å². The first kappa shape index (κ1) is 13.5. The maximum absolute atomic E-state index is 13.0. The molecule has 0 fully saturated rings. The van der Waals surface area contributed by atoms with E-state index >= 15 is 0 Å². The third-order valence-corrected chi connectivity index (χ3v) is 3.65. The van der Waals surface area contributed by atoms with E-state index in [9.17, 15) is 17.2 Å². The minimum Gasteiger partial charge on any atom is -0.379 e. The fourth-order valence-electron chi connectivity index (χ4n) is 1.40. The summed E-state index contributed by atoms with van der Waals surface area (Å²) < 4.78 is 54.3. The van der Waals surface area contributed by atoms with Gasteiger partial charge in [0, 0.05) is 0 Å². The summed E-state index contributed by atoms with van der Waals surface area (Å²) in [7, 11) is -4.17. The average molecular weight is 284 g/mol. The number of halogens is 2. The van der Waals surface area contributed by atoms with E-state index in [1.54, 1.807) is 12.1 Å². The Hall–Kier alpha value is -1.95. The van der Waals surface area contributed by atoms with E-state index in [0.717, 1.165) is 17.7 Å². The van der Waals surface area contributed by atoms with Gasteiger partial charge in [-0.3, -0.25) is 0 Å². The van der Waals surface area contributed by atoms with Gasteiger partial charge in [-0.25, -0.2) is 8.78 Å². The van der Waals surface area contributed by atoms with E-state index in [-0.39, 0.29) is 5.75 Å². The molecule has 0 amide bonds. The van der Waals surface area contributed by atoms with Crippen LogP contribution in [0.2, 0.25) is 0 Å². The Labute approximate surface area is 109 Å². The number of aryl methyl sites for hydroxylation is 1. The summed E-state index contributed by atoms with van der Waals surface area (Å²) in [6, 6.07) is 8.58. The van der Waals surface area contributed by atoms with Gasteiger partial charge in [0.2, 0.25) is 0 Å². The standard InChI is InChI=1S/C13H10F2O3S/c1-9-2-4-10(5-3-9)18-19(16,17)11-6-7-12(14)13(15)8-11/h2-8H,1H3. The molecule has 0 aliphatic carbocycles. The highest BCUT2D eigenvalue weighted by atomic mass is 32.2. The van der Waals surface area contributed by atoms with Crippen LogP contribution in [-0.2, 0) is 10.1 Å². The molecule has 0 bridgehead atoms. The molecule has 3 nitrogen and oxygen atoms in total. The lowest BCUT2D eigenvalue weighted by Crippen LogP contribution is -2.10. The maximum Gasteiger partial charge on any atom is 0.339 e. The number of rotatable bonds is 3. The molecule has 0 aliphatic heterocycles. The quantitative estimate of drug-likeness (QED) is 0.814. The molecular formula is C13H10F2O3S. The second kappa shape index (κ2) is 4.97. The third kappa shape index (κ3) is 3.08. The molecular weight excluding hydrogens is 274 g/mol. The fourth-order valence-corrected chi connectivity index (χ4v) is 2.34. The predicted octanol–water partition coefficient (Wildman–Crippen LogP) is 3.04. The molecule has 100 valence electrons. The van der Waals surface area contributed by atoms with Crippen LogP contribution in [0, 0.1) is 18.6 Å². The van der Waals surface area contributed by atoms with Crippen LogP contribution in [0.15, 0.2) is 47.4 Å². The summed E-state index contributed by atoms with van der Waals surface area (Å²) in [5.41, 5.74) is 0.942. The van der Waals surface area contributed by atoms with Gasteiger partial charge in [-0.05, 0) is 37.3 Å². The molecule has 0 radical (unpaired) electrons. The average Bonchev–Trinajstić information content (AvgIpc) is 2.35. The third-order valence-electron chi connectivity index (χ3n) is 2.41. The Kier molecular flexibility index (Phi) is 3.53. The number of hydrogen-bond donors (Lipinski definition) is 0. The van der Waals surface area contributed by atoms with Gasteiger partial charge in [-0.15, -0.1) is 0 Å². The van der Waals surface area contributed by atoms with Crippen molar-refractivity contribution in [2.24, 2.45) is 0 Å². The molecule has 0 heterocycles. The fraction of sp³-hybridized carbons (Fsp3) is 0.0769. The van der Waals surface area contributed by atoms with Crippen molar-refractivity contribution in [2.75, 3.05) is 0 Å². The molecule has 6 heteroatoms. The zero-order valence-electron chi connectivity index (χ0n) is 9.93. The van der Waals surface area contributed by atoms with E-state index in [1.165, 1.54) is 12.1 Å². The topological polar surface area (TPSA) is 43.4 Å². The van der Waals surface area contributed by atoms with E-state index in [2.05, 4.69) is 0 Å². The zero-order valence-corrected chi connectivity index (χ0v) is 10.7. The normalized spacial score (nSPS) is 11.3. The lowest BCUT2D eigenvalue weighted by molar-refractivity contribution is 0.479. The summed E-state index contributed by atoms with van der Waals surface area (Å²) in [4.78, 5) is -0.438. The Balaban J connectivity index is 2.32. The minimum atomic E-state index is -4.17. The van der Waals surface area contributed by atoms with Crippen molar-refractivity contribution in [1.82, 2.24) is 0 Å². The van der Waals surface area contributed by atoms with Crippen LogP contribution in [0.25, 0.3) is 0 Å². The second-order valence-corrected chi connectivity index (χ2v) is 5.47. The smallest absolute Gasteiger partial charge is 0.339 e. The van der Waals surface area contributed by atoms with Gasteiger partial charge >= 0.3 is 10.1 Å². The summed E-state index contributed by atoms with van der Waals surface area (Å²) in [6.45, 7) is 1.84. The van der Waals surface area contributed by atoms with Crippen molar-refractivity contribution >= 4 is 10.1 Å². The molecule has 0 aliphatic rings. The minimum absolute atomic E-state index is 0.107. The van der Waals surface area contributed by atoms with Crippen molar-refractivity contribution in [3.05, 3.63) is 59.7 Å². The lowest BCUT2D eigenvalue weighted by Gasteiger charge is -2.07. The molecule has 0 spiro atoms. The van der Waals surface area contributed by atoms with Crippen LogP contribution < -0.4 is 4.18 Å². The van der Waals surface area contributed by atoms with Crippen molar-refractivity contribution < 1.29 is 21.4 Å². The summed E-state index contributed by atoms with van der Waals surface area (Å²) in [6.07, 6.45) is 0. The van der Waals surface area contributed by atoms with Crippen molar-refractivity contribution in [3.8, 4) is 5.75 Å². The Morgan fingerprint density at radius 1 is 0.947 bits per heavy atom. The van der Waals surface area contributed by atoms with Crippen molar-refractivity contribution in [1.29, 1.82) is 0 Å². The van der Waals surface area contributed by atoms with Gasteiger partial charge in [0.15, 0.2) is 11.6 Å². The monoisotopic (exact) mass is 284 g/mol. The first-order valence-corrected chi connectivity index (χ1v) is 6.75. The second-order valence-electron chi connectivity index (χ2n) is 3.93. The number of hydrogen-bond acceptors (Lipinski definition) is 3. The molecule has 0 saturated heterocycles. The van der Waals surface area contributed by atoms with Crippen LogP contribution in [0.5, 0.6) is 5.75 Å². The molecule has 0 N–H and O–H groups in total. The van der Waals surface area contributed by atoms with Crippen molar-refractivity contribution in [3.63, 3.8) is 0 Å². The summed E-state index contributed by atoms with van der Waals surface area (Å²) in [5, 5.41) is 0. The first-order chi connectivity index (χ1) is 8.88. The van der Waals surface area contributed by atoms with Crippen LogP contribution in [0.1, 0.15) is 5.56 Å². The molecule has 2 aromatic carbocycles. The van der Waals surface area contributed by atoms with Crippen LogP contribution >= 0.6 is 0 Å². The van der Waals surface area contributed by atoms with Crippen LogP contribution in [0.4, 0.5) is 8.78 Å². The largest absolute Gasteiger partial charge is 0.379 e. The van der Waals surface area contributed by atoms with E-state index in [1.807, 2.05) is 6.92 Å². The maximum atomic E-state index is 13.0. The zero-order chi connectivity index (χ0) is 14.0. The number of benzene rings is 2. The molecule has 2 aromatic rings. The highest BCUT2D eigenvalue weighted by Crippen LogP contribution is 2.20. The Bertz CT molecular complexity index is 694. The van der Waals surface area contributed by atoms with E-state index in [4.69, 9.17) is 4.18 Å². The van der Waals surface area contributed by atoms with E-state index < -0.39 is 26.6 Å². The molecule has 0 aromatic heterocycles. The van der Waals surface area contributed by atoms with Gasteiger partial charge in [0.05, 0.1) is 0 Å². The summed E-state index contributed by atoms with van der Waals surface area (Å²) >= 11 is 0. The highest BCUT2D eigenvalue weighted by Gasteiger charge is 2.18. The van der Waals surface area contributed by atoms with Crippen molar-refractivity contribution in [2.45, 2.75) is 11.8 Å². The Morgan fingerprint density at radius 2 is 1.58 bits per heavy atom. The first-order valence-electron chi connectivity index (χ1n) is 5.35. The van der Waals surface area contributed by atoms with Gasteiger partial charge in [-0.2, -0.15) is 8.42 Å². The van der Waals surface area contributed by atoms with Gasteiger partial charge in [0.25, 0.3) is 0 Å². The molecule has 0 saturated carbocycles. The van der Waals surface area contributed by atoms with Crippen LogP contribution in [0.3, 0.4) is 0 Å². The molecule has 2 rings (SSSR count). The van der Waals surface area contributed by atoms with Gasteiger partial charge in [-0.1, -0.05) is 17.7 Å². The Morgan fingerprint density at radius 3 is 2.16 bits per heavy atom. The molecule has 0 atom stereocenters. The predicted molar refractivity (Wildman–Crippen MR) is 65.4 cm³/mol. The molecule has 19 heavy (non-hydrogen) atoms. The van der Waals surface area contributed by atoms with E-state index in [0.29, 0.717) is 6.07 Å². The SMILES string of the molecule is Cc1ccc(OS(=O)(=O)c2ccc(F)c(F)c2)cc1. The lowest BCUT2D eigenvalue weighted by atomic mass is 10.2. The highest BCUT2D eigenvalue weighted by molar-refractivity contribution is 7.87. The van der Waals surface area contributed by atoms with Crippen LogP contribution in [-0.4, -0.2) is 8.42 Å². The van der Waals surface area contributed by atoms with Gasteiger partial charge in [0.1, 0.15) is 10.6 Å².